The highest BCUT2D eigenvalue weighted by Gasteiger charge is 2.43. The molecule has 1 unspecified atom stereocenters. The number of likely N-dealkylation sites (tertiary alicyclic amines) is 1. The van der Waals surface area contributed by atoms with Crippen molar-refractivity contribution >= 4 is 23.2 Å². The maximum absolute atomic E-state index is 14.0. The maximum atomic E-state index is 14.0. The summed E-state index contributed by atoms with van der Waals surface area (Å²) in [5.74, 6) is -0.737. The number of piperidine rings is 1. The minimum atomic E-state index is -4.64. The number of alkyl halides is 3. The molecule has 0 aliphatic carbocycles. The maximum Gasteiger partial charge on any atom is 0.416 e. The third-order valence-electron chi connectivity index (χ3n) is 8.67. The number of aliphatic hydroxyl groups is 1. The molecule has 2 aromatic carbocycles. The van der Waals surface area contributed by atoms with E-state index in [4.69, 9.17) is 0 Å². The first kappa shape index (κ1) is 33.5. The Labute approximate surface area is 271 Å². The van der Waals surface area contributed by atoms with E-state index in [1.165, 1.54) is 40.1 Å². The Morgan fingerprint density at radius 2 is 1.79 bits per heavy atom. The summed E-state index contributed by atoms with van der Waals surface area (Å²) in [6.45, 7) is 3.99. The van der Waals surface area contributed by atoms with Gasteiger partial charge in [0.15, 0.2) is 6.23 Å². The predicted octanol–water partition coefficient (Wildman–Crippen LogP) is 3.46. The van der Waals surface area contributed by atoms with E-state index in [-0.39, 0.29) is 22.9 Å². The molecule has 14 heteroatoms. The van der Waals surface area contributed by atoms with E-state index >= 15 is 0 Å². The number of aromatic nitrogens is 2. The van der Waals surface area contributed by atoms with Crippen LogP contribution in [-0.2, 0) is 15.8 Å². The molecule has 0 bridgehead atoms. The van der Waals surface area contributed by atoms with Crippen molar-refractivity contribution in [1.29, 1.82) is 5.26 Å². The summed E-state index contributed by atoms with van der Waals surface area (Å²) in [4.78, 5) is 31.2. The van der Waals surface area contributed by atoms with Crippen LogP contribution in [0.1, 0.15) is 36.6 Å². The second-order valence-corrected chi connectivity index (χ2v) is 12.0. The lowest BCUT2D eigenvalue weighted by atomic mass is 9.96. The lowest BCUT2D eigenvalue weighted by Crippen LogP contribution is -2.49. The molecule has 1 fully saturated rings. The standard InChI is InChI=1S/C33H37F3N8O3/c1-21(31(46)41(3)20-23-13-16-40(2)17-14-23)39-30(45)28-29(27-12-15-38-43(27)25-10-8-22(19-37)9-11-25)42(4)44(32(28)47)26-7-5-6-24(18-26)33(34,35)36/h5-12,15,18,21,23,32,47H,13-14,16-17,20H2,1-4H3,(H,39,45)/t21-,32?/m0/s1. The normalized spacial score (nSPS) is 18.3. The Morgan fingerprint density at radius 1 is 1.11 bits per heavy atom. The number of nitrogens with zero attached hydrogens (tertiary/aromatic N) is 7. The molecule has 1 saturated heterocycles. The molecule has 3 heterocycles. The van der Waals surface area contributed by atoms with Crippen molar-refractivity contribution in [3.63, 3.8) is 0 Å². The van der Waals surface area contributed by atoms with Crippen LogP contribution >= 0.6 is 0 Å². The number of carbonyl (C=O) groups is 2. The molecule has 5 rings (SSSR count). The Balaban J connectivity index is 1.49. The number of nitrogens with one attached hydrogen (secondary N) is 1. The number of carbonyl (C=O) groups excluding carboxylic acids is 2. The van der Waals surface area contributed by atoms with Crippen molar-refractivity contribution in [2.75, 3.05) is 45.8 Å². The number of likely N-dealkylation sites (N-methyl/N-ethyl adjacent to an activating group) is 1. The largest absolute Gasteiger partial charge is 0.416 e. The Hall–Kier alpha value is -4.87. The van der Waals surface area contributed by atoms with Crippen LogP contribution in [0.25, 0.3) is 11.4 Å². The molecule has 2 aliphatic rings. The molecule has 2 N–H and O–H groups in total. The van der Waals surface area contributed by atoms with E-state index < -0.39 is 29.9 Å². The fourth-order valence-corrected chi connectivity index (χ4v) is 6.11. The molecule has 0 spiro atoms. The van der Waals surface area contributed by atoms with Crippen LogP contribution in [-0.4, -0.2) is 94.6 Å². The van der Waals surface area contributed by atoms with Gasteiger partial charge in [-0.25, -0.2) is 4.68 Å². The number of anilines is 1. The first-order chi connectivity index (χ1) is 22.3. The van der Waals surface area contributed by atoms with Crippen LogP contribution in [0, 0.1) is 17.2 Å². The predicted molar refractivity (Wildman–Crippen MR) is 168 cm³/mol. The second kappa shape index (κ2) is 13.5. The number of nitriles is 1. The SMILES string of the molecule is C[C@H](NC(=O)C1=C(c2ccnn2-c2ccc(C#N)cc2)N(C)N(c2cccc(C(F)(F)F)c2)C1O)C(=O)N(C)CC1CCN(C)CC1. The highest BCUT2D eigenvalue weighted by Crippen LogP contribution is 2.40. The lowest BCUT2D eigenvalue weighted by molar-refractivity contribution is -0.137. The zero-order valence-electron chi connectivity index (χ0n) is 26.6. The van der Waals surface area contributed by atoms with Gasteiger partial charge in [-0.15, -0.1) is 0 Å². The number of hydrogen-bond acceptors (Lipinski definition) is 8. The van der Waals surface area contributed by atoms with Crippen molar-refractivity contribution in [2.45, 2.75) is 38.2 Å². The summed E-state index contributed by atoms with van der Waals surface area (Å²) in [7, 11) is 5.27. The molecular formula is C33H37F3N8O3. The van der Waals surface area contributed by atoms with Gasteiger partial charge in [0.2, 0.25) is 5.91 Å². The molecular weight excluding hydrogens is 613 g/mol. The lowest BCUT2D eigenvalue weighted by Gasteiger charge is -2.33. The number of aliphatic hydroxyl groups excluding tert-OH is 1. The number of benzene rings is 2. The van der Waals surface area contributed by atoms with Crippen LogP contribution in [0.3, 0.4) is 0 Å². The van der Waals surface area contributed by atoms with Crippen molar-refractivity contribution in [1.82, 2.24) is 29.9 Å². The van der Waals surface area contributed by atoms with E-state index in [0.29, 0.717) is 29.4 Å². The summed E-state index contributed by atoms with van der Waals surface area (Å²) in [5.41, 5.74) is 0.341. The van der Waals surface area contributed by atoms with Crippen molar-refractivity contribution in [2.24, 2.45) is 5.92 Å². The Bertz CT molecular complexity index is 1690. The highest BCUT2D eigenvalue weighted by atomic mass is 19.4. The quantitative estimate of drug-likeness (QED) is 0.381. The van der Waals surface area contributed by atoms with Crippen molar-refractivity contribution < 1.29 is 27.9 Å². The molecule has 1 aromatic heterocycles. The number of hydrazine groups is 1. The van der Waals surface area contributed by atoms with Crippen molar-refractivity contribution in [3.05, 3.63) is 83.2 Å². The zero-order chi connectivity index (χ0) is 34.0. The number of halogens is 3. The fourth-order valence-electron chi connectivity index (χ4n) is 6.11. The van der Waals surface area contributed by atoms with E-state index in [1.807, 2.05) is 6.07 Å². The van der Waals surface area contributed by atoms with Gasteiger partial charge < -0.3 is 20.2 Å². The van der Waals surface area contributed by atoms with Gasteiger partial charge in [-0.05, 0) is 94.4 Å². The number of hydrogen-bond donors (Lipinski definition) is 2. The summed E-state index contributed by atoms with van der Waals surface area (Å²) in [5, 5.41) is 30.5. The van der Waals surface area contributed by atoms with Crippen LogP contribution in [0.15, 0.2) is 66.4 Å². The van der Waals surface area contributed by atoms with Crippen LogP contribution in [0.5, 0.6) is 0 Å². The van der Waals surface area contributed by atoms with Gasteiger partial charge >= 0.3 is 6.18 Å². The topological polar surface area (TPSA) is 121 Å². The number of amides is 2. The van der Waals surface area contributed by atoms with Gasteiger partial charge in [-0.3, -0.25) is 19.6 Å². The first-order valence-electron chi connectivity index (χ1n) is 15.2. The van der Waals surface area contributed by atoms with Crippen LogP contribution in [0.2, 0.25) is 0 Å². The smallest absolute Gasteiger partial charge is 0.368 e. The van der Waals surface area contributed by atoms with Gasteiger partial charge in [0.05, 0.1) is 51.7 Å². The first-order valence-corrected chi connectivity index (χ1v) is 15.2. The molecule has 47 heavy (non-hydrogen) atoms. The van der Waals surface area contributed by atoms with Crippen molar-refractivity contribution in [3.8, 4) is 11.8 Å². The average Bonchev–Trinajstić information content (AvgIpc) is 3.62. The summed E-state index contributed by atoms with van der Waals surface area (Å²) in [6, 6.07) is 13.6. The summed E-state index contributed by atoms with van der Waals surface area (Å²) in [6.07, 6.45) is -2.96. The minimum absolute atomic E-state index is 0.0125. The van der Waals surface area contributed by atoms with Gasteiger partial charge in [0, 0.05) is 20.6 Å². The summed E-state index contributed by atoms with van der Waals surface area (Å²) >= 11 is 0. The monoisotopic (exact) mass is 650 g/mol. The van der Waals surface area contributed by atoms with E-state index in [9.17, 15) is 33.1 Å². The molecule has 0 saturated carbocycles. The molecule has 2 amide bonds. The molecule has 11 nitrogen and oxygen atoms in total. The average molecular weight is 651 g/mol. The van der Waals surface area contributed by atoms with E-state index in [2.05, 4.69) is 22.4 Å². The zero-order valence-corrected chi connectivity index (χ0v) is 26.6. The van der Waals surface area contributed by atoms with Gasteiger partial charge in [0.25, 0.3) is 5.91 Å². The van der Waals surface area contributed by atoms with Gasteiger partial charge in [-0.2, -0.15) is 23.5 Å². The summed E-state index contributed by atoms with van der Waals surface area (Å²) < 4.78 is 42.5. The van der Waals surface area contributed by atoms with Gasteiger partial charge in [-0.1, -0.05) is 6.07 Å². The van der Waals surface area contributed by atoms with E-state index in [1.54, 1.807) is 49.2 Å². The van der Waals surface area contributed by atoms with E-state index in [0.717, 1.165) is 38.1 Å². The van der Waals surface area contributed by atoms with Crippen LogP contribution < -0.4 is 10.3 Å². The molecule has 3 aromatic rings. The van der Waals surface area contributed by atoms with Gasteiger partial charge in [0.1, 0.15) is 6.04 Å². The number of rotatable bonds is 8. The fraction of sp³-hybridized carbons (Fsp3) is 0.394. The minimum Gasteiger partial charge on any atom is -0.368 e. The third kappa shape index (κ3) is 6.96. The van der Waals surface area contributed by atoms with Crippen LogP contribution in [0.4, 0.5) is 18.9 Å². The Morgan fingerprint density at radius 3 is 2.43 bits per heavy atom. The molecule has 2 aliphatic heterocycles. The second-order valence-electron chi connectivity index (χ2n) is 12.0. The molecule has 0 radical (unpaired) electrons. The Kier molecular flexibility index (Phi) is 9.60. The molecule has 248 valence electrons. The third-order valence-corrected chi connectivity index (χ3v) is 8.67. The highest BCUT2D eigenvalue weighted by molar-refractivity contribution is 6.05. The molecule has 2 atom stereocenters.